The molecule has 0 saturated heterocycles. The number of nitrogens with one attached hydrogen (secondary N) is 2. The summed E-state index contributed by atoms with van der Waals surface area (Å²) in [6.07, 6.45) is 5.96. The Labute approximate surface area is 208 Å². The minimum Gasteiger partial charge on any atom is -0.481 e. The average molecular weight is 497 g/mol. The highest BCUT2D eigenvalue weighted by Gasteiger charge is 2.42. The third kappa shape index (κ3) is 4.98. The highest BCUT2D eigenvalue weighted by atomic mass is 32.1. The van der Waals surface area contributed by atoms with Crippen LogP contribution in [0.3, 0.4) is 0 Å². The summed E-state index contributed by atoms with van der Waals surface area (Å²) in [6, 6.07) is 7.45. The first kappa shape index (κ1) is 24.6. The van der Waals surface area contributed by atoms with E-state index in [1.54, 1.807) is 20.2 Å². The van der Waals surface area contributed by atoms with Gasteiger partial charge in [-0.15, -0.1) is 0 Å². The van der Waals surface area contributed by atoms with Crippen molar-refractivity contribution in [3.63, 3.8) is 0 Å². The summed E-state index contributed by atoms with van der Waals surface area (Å²) >= 11 is 5.59. The van der Waals surface area contributed by atoms with Crippen molar-refractivity contribution in [2.24, 2.45) is 0 Å². The number of pyridine rings is 1. The molecule has 0 amide bonds. The van der Waals surface area contributed by atoms with Gasteiger partial charge in [-0.2, -0.15) is 0 Å². The Bertz CT molecular complexity index is 1230. The summed E-state index contributed by atoms with van der Waals surface area (Å²) in [5.41, 5.74) is 4.37. The summed E-state index contributed by atoms with van der Waals surface area (Å²) in [6.45, 7) is 3.58. The lowest BCUT2D eigenvalue weighted by Crippen LogP contribution is -2.48. The van der Waals surface area contributed by atoms with Gasteiger partial charge in [0.2, 0.25) is 11.5 Å². The van der Waals surface area contributed by atoms with Crippen LogP contribution < -0.4 is 15.4 Å². The number of methoxy groups -OCH3 is 1. The Morgan fingerprint density at radius 2 is 2.14 bits per heavy atom. The molecule has 2 aromatic heterocycles. The van der Waals surface area contributed by atoms with E-state index in [0.717, 1.165) is 41.6 Å². The maximum Gasteiger partial charge on any atom is 0.346 e. The van der Waals surface area contributed by atoms with Crippen molar-refractivity contribution in [2.75, 3.05) is 25.6 Å². The normalized spacial score (nSPS) is 14.1. The second-order valence-corrected chi connectivity index (χ2v) is 8.70. The molecular formula is C25H28N4O5S. The second kappa shape index (κ2) is 10.4. The molecule has 0 saturated carbocycles. The van der Waals surface area contributed by atoms with Crippen molar-refractivity contribution in [2.45, 2.75) is 38.7 Å². The molecule has 1 aliphatic carbocycles. The van der Waals surface area contributed by atoms with E-state index in [-0.39, 0.29) is 24.0 Å². The molecule has 2 heterocycles. The van der Waals surface area contributed by atoms with Crippen LogP contribution in [0.1, 0.15) is 35.7 Å². The van der Waals surface area contributed by atoms with Gasteiger partial charge < -0.3 is 29.7 Å². The summed E-state index contributed by atoms with van der Waals surface area (Å²) in [5.74, 6) is -0.327. The number of hydrogen-bond donors (Lipinski definition) is 3. The standard InChI is InChI=1S/C25H28N4O5S/c1-4-33-23(30)25(31,19-9-11-34-29-19)14-27-24(35)28-22-18-7-5-6-16(18)12-15(2)21(22)17-8-10-26-20(13-17)32-3/h8-13,31H,4-7,14H2,1-3H3,(H2,27,28,35). The van der Waals surface area contributed by atoms with E-state index >= 15 is 0 Å². The third-order valence-corrected chi connectivity index (χ3v) is 6.29. The van der Waals surface area contributed by atoms with Crippen LogP contribution in [0.25, 0.3) is 11.1 Å². The number of fused-ring (bicyclic) bond motifs is 1. The molecule has 3 N–H and O–H groups in total. The van der Waals surface area contributed by atoms with Crippen LogP contribution >= 0.6 is 12.2 Å². The third-order valence-electron chi connectivity index (χ3n) is 6.05. The molecule has 35 heavy (non-hydrogen) atoms. The molecule has 10 heteroatoms. The average Bonchev–Trinajstić information content (AvgIpc) is 3.55. The van der Waals surface area contributed by atoms with Gasteiger partial charge in [0.05, 0.1) is 25.9 Å². The van der Waals surface area contributed by atoms with Crippen LogP contribution in [0.5, 0.6) is 5.88 Å². The van der Waals surface area contributed by atoms with Crippen molar-refractivity contribution < 1.29 is 23.9 Å². The Morgan fingerprint density at radius 3 is 2.86 bits per heavy atom. The molecule has 184 valence electrons. The van der Waals surface area contributed by atoms with Crippen molar-refractivity contribution in [1.82, 2.24) is 15.5 Å². The fourth-order valence-corrected chi connectivity index (χ4v) is 4.56. The zero-order valence-electron chi connectivity index (χ0n) is 19.9. The molecule has 1 unspecified atom stereocenters. The molecular weight excluding hydrogens is 468 g/mol. The minimum atomic E-state index is -2.06. The molecule has 0 fully saturated rings. The van der Waals surface area contributed by atoms with Crippen LogP contribution in [-0.2, 0) is 28.0 Å². The van der Waals surface area contributed by atoms with E-state index in [1.165, 1.54) is 23.5 Å². The maximum atomic E-state index is 12.6. The first-order valence-corrected chi connectivity index (χ1v) is 11.8. The van der Waals surface area contributed by atoms with E-state index in [2.05, 4.69) is 33.8 Å². The number of rotatable bonds is 8. The topological polar surface area (TPSA) is 119 Å². The fraction of sp³-hybridized carbons (Fsp3) is 0.360. The van der Waals surface area contributed by atoms with Gasteiger partial charge in [-0.05, 0) is 73.6 Å². The van der Waals surface area contributed by atoms with E-state index in [4.69, 9.17) is 26.2 Å². The number of hydrogen-bond acceptors (Lipinski definition) is 8. The summed E-state index contributed by atoms with van der Waals surface area (Å²) in [7, 11) is 1.58. The Morgan fingerprint density at radius 1 is 1.31 bits per heavy atom. The minimum absolute atomic E-state index is 0.0345. The lowest BCUT2D eigenvalue weighted by molar-refractivity contribution is -0.166. The van der Waals surface area contributed by atoms with Gasteiger partial charge in [0, 0.05) is 23.9 Å². The van der Waals surface area contributed by atoms with Gasteiger partial charge in [0.1, 0.15) is 12.0 Å². The lowest BCUT2D eigenvalue weighted by atomic mass is 9.93. The SMILES string of the molecule is CCOC(=O)C(O)(CNC(=S)Nc1c2c(cc(C)c1-c1ccnc(OC)c1)CCC2)c1ccon1. The quantitative estimate of drug-likeness (QED) is 0.317. The number of carbonyl (C=O) groups is 1. The summed E-state index contributed by atoms with van der Waals surface area (Å²) in [4.78, 5) is 16.8. The van der Waals surface area contributed by atoms with Gasteiger partial charge >= 0.3 is 5.97 Å². The lowest BCUT2D eigenvalue weighted by Gasteiger charge is -2.25. The number of aromatic nitrogens is 2. The van der Waals surface area contributed by atoms with Crippen molar-refractivity contribution >= 4 is 29.0 Å². The van der Waals surface area contributed by atoms with Crippen molar-refractivity contribution in [1.29, 1.82) is 0 Å². The molecule has 1 aromatic carbocycles. The summed E-state index contributed by atoms with van der Waals surface area (Å²) < 4.78 is 15.2. The van der Waals surface area contributed by atoms with Crippen LogP contribution in [0.4, 0.5) is 5.69 Å². The Kier molecular flexibility index (Phi) is 7.32. The van der Waals surface area contributed by atoms with Crippen LogP contribution in [0.15, 0.2) is 41.2 Å². The number of aliphatic hydroxyl groups is 1. The zero-order valence-corrected chi connectivity index (χ0v) is 20.7. The molecule has 0 radical (unpaired) electrons. The Balaban J connectivity index is 1.63. The molecule has 0 aliphatic heterocycles. The number of nitrogens with zero attached hydrogens (tertiary/aromatic N) is 2. The maximum absolute atomic E-state index is 12.6. The highest BCUT2D eigenvalue weighted by molar-refractivity contribution is 7.80. The smallest absolute Gasteiger partial charge is 0.346 e. The first-order chi connectivity index (χ1) is 16.9. The van der Waals surface area contributed by atoms with Crippen molar-refractivity contribution in [3.05, 3.63) is 59.1 Å². The fourth-order valence-electron chi connectivity index (χ4n) is 4.39. The second-order valence-electron chi connectivity index (χ2n) is 8.29. The number of thiocarbonyl (C=S) groups is 1. The molecule has 1 atom stereocenters. The molecule has 3 aromatic rings. The largest absolute Gasteiger partial charge is 0.481 e. The number of anilines is 1. The van der Waals surface area contributed by atoms with Gasteiger partial charge in [0.25, 0.3) is 0 Å². The first-order valence-electron chi connectivity index (χ1n) is 11.4. The van der Waals surface area contributed by atoms with Gasteiger partial charge in [0.15, 0.2) is 5.11 Å². The predicted octanol–water partition coefficient (Wildman–Crippen LogP) is 3.28. The van der Waals surface area contributed by atoms with Gasteiger partial charge in [-0.3, -0.25) is 0 Å². The number of esters is 1. The van der Waals surface area contributed by atoms with Crippen LogP contribution in [0.2, 0.25) is 0 Å². The highest BCUT2D eigenvalue weighted by Crippen LogP contribution is 2.40. The molecule has 9 nitrogen and oxygen atoms in total. The number of aryl methyl sites for hydroxylation is 2. The summed E-state index contributed by atoms with van der Waals surface area (Å²) in [5, 5.41) is 21.4. The van der Waals surface area contributed by atoms with Gasteiger partial charge in [-0.1, -0.05) is 11.2 Å². The van der Waals surface area contributed by atoms with Gasteiger partial charge in [-0.25, -0.2) is 9.78 Å². The number of carbonyl (C=O) groups excluding carboxylic acids is 1. The van der Waals surface area contributed by atoms with Crippen molar-refractivity contribution in [3.8, 4) is 17.0 Å². The number of ether oxygens (including phenoxy) is 2. The van der Waals surface area contributed by atoms with E-state index in [9.17, 15) is 9.90 Å². The monoisotopic (exact) mass is 496 g/mol. The molecule has 4 rings (SSSR count). The predicted molar refractivity (Wildman–Crippen MR) is 134 cm³/mol. The van der Waals surface area contributed by atoms with E-state index in [1.807, 2.05) is 12.1 Å². The van der Waals surface area contributed by atoms with E-state index < -0.39 is 11.6 Å². The van der Waals surface area contributed by atoms with Crippen LogP contribution in [-0.4, -0.2) is 46.6 Å². The molecule has 1 aliphatic rings. The molecule has 0 bridgehead atoms. The van der Waals surface area contributed by atoms with Crippen LogP contribution in [0, 0.1) is 6.92 Å². The Hall–Kier alpha value is -3.50. The zero-order chi connectivity index (χ0) is 25.0. The number of benzene rings is 1. The van der Waals surface area contributed by atoms with E-state index in [0.29, 0.717) is 5.88 Å². The molecule has 0 spiro atoms.